The summed E-state index contributed by atoms with van der Waals surface area (Å²) < 4.78 is 7.62. The molecule has 1 saturated heterocycles. The fourth-order valence-corrected chi connectivity index (χ4v) is 5.80. The van der Waals surface area contributed by atoms with E-state index in [1.165, 1.54) is 0 Å². The van der Waals surface area contributed by atoms with Crippen LogP contribution in [0.1, 0.15) is 76.4 Å². The first kappa shape index (κ1) is 30.7. The number of piperidine rings is 1. The third-order valence-electron chi connectivity index (χ3n) is 8.34. The van der Waals surface area contributed by atoms with E-state index < -0.39 is 5.60 Å². The minimum absolute atomic E-state index is 0.168. The van der Waals surface area contributed by atoms with Gasteiger partial charge in [0.1, 0.15) is 11.8 Å². The second-order valence-electron chi connectivity index (χ2n) is 12.8. The van der Waals surface area contributed by atoms with Crippen molar-refractivity contribution in [3.8, 4) is 6.07 Å². The molecule has 43 heavy (non-hydrogen) atoms. The highest BCUT2D eigenvalue weighted by atomic mass is 35.5. The van der Waals surface area contributed by atoms with Crippen molar-refractivity contribution in [3.63, 3.8) is 0 Å². The number of anilines is 2. The molecule has 1 atom stereocenters. The van der Waals surface area contributed by atoms with Crippen LogP contribution in [0, 0.1) is 11.3 Å². The molecule has 0 amide bonds. The van der Waals surface area contributed by atoms with Crippen LogP contribution in [0.3, 0.4) is 0 Å². The second-order valence-corrected chi connectivity index (χ2v) is 13.2. The summed E-state index contributed by atoms with van der Waals surface area (Å²) in [7, 11) is 1.67. The number of aromatic nitrogens is 4. The molecule has 1 fully saturated rings. The van der Waals surface area contributed by atoms with Gasteiger partial charge in [-0.2, -0.15) is 5.26 Å². The van der Waals surface area contributed by atoms with Crippen LogP contribution in [-0.4, -0.2) is 62.8 Å². The fraction of sp³-hybridized carbons (Fsp3) is 0.455. The number of pyridine rings is 1. The second kappa shape index (κ2) is 12.5. The van der Waals surface area contributed by atoms with Crippen LogP contribution in [0.15, 0.2) is 54.9 Å². The predicted molar refractivity (Wildman–Crippen MR) is 173 cm³/mol. The number of nitriles is 1. The van der Waals surface area contributed by atoms with Gasteiger partial charge in [-0.3, -0.25) is 9.88 Å². The van der Waals surface area contributed by atoms with Crippen molar-refractivity contribution in [3.05, 3.63) is 76.7 Å². The molecule has 2 aromatic carbocycles. The average Bonchev–Trinajstić information content (AvgIpc) is 3.49. The van der Waals surface area contributed by atoms with Crippen LogP contribution in [0.2, 0.25) is 5.02 Å². The summed E-state index contributed by atoms with van der Waals surface area (Å²) in [6.07, 6.45) is 5.70. The van der Waals surface area contributed by atoms with Crippen molar-refractivity contribution >= 4 is 33.9 Å². The third kappa shape index (κ3) is 6.93. The van der Waals surface area contributed by atoms with Crippen LogP contribution < -0.4 is 10.6 Å². The van der Waals surface area contributed by atoms with Gasteiger partial charge >= 0.3 is 0 Å². The molecule has 1 aliphatic heterocycles. The number of hydrogen-bond donors (Lipinski definition) is 2. The number of nitrogens with zero attached hydrogens (tertiary/aromatic N) is 6. The third-order valence-corrected chi connectivity index (χ3v) is 8.63. The summed E-state index contributed by atoms with van der Waals surface area (Å²) in [5.41, 5.74) is 4.12. The van der Waals surface area contributed by atoms with Crippen LogP contribution >= 0.6 is 11.6 Å². The highest BCUT2D eigenvalue weighted by Crippen LogP contribution is 2.36. The fourth-order valence-electron chi connectivity index (χ4n) is 5.53. The van der Waals surface area contributed by atoms with E-state index in [-0.39, 0.29) is 11.6 Å². The number of nitrogens with one attached hydrogen (secondary N) is 2. The monoisotopic (exact) mass is 600 g/mol. The van der Waals surface area contributed by atoms with Gasteiger partial charge in [0.15, 0.2) is 0 Å². The minimum Gasteiger partial charge on any atom is -0.380 e. The molecule has 0 radical (unpaired) electrons. The maximum Gasteiger partial charge on any atom is 0.109 e. The highest BCUT2D eigenvalue weighted by Gasteiger charge is 2.29. The quantitative estimate of drug-likeness (QED) is 0.215. The first-order valence-electron chi connectivity index (χ1n) is 14.8. The molecular weight excluding hydrogens is 560 g/mol. The first-order valence-corrected chi connectivity index (χ1v) is 15.2. The standard InChI is InChI=1S/C33H41ClN8O/c1-32(2,3)41-14-12-25(13-15-41)42-20-28(39-40-42)30(22-10-8-7-9-11-22)38-24-16-26-29(37-21-33(4,5)43-6)23(18-35)19-36-31(26)27(34)17-24/h7-11,16-17,19-20,25,30,38H,12-15,21H2,1-6H3,(H,36,37)/t30-/m0/s1. The molecule has 0 spiro atoms. The molecule has 0 aliphatic carbocycles. The summed E-state index contributed by atoms with van der Waals surface area (Å²) in [5.74, 6) is 0. The first-order chi connectivity index (χ1) is 20.5. The van der Waals surface area contributed by atoms with Gasteiger partial charge in [0.05, 0.1) is 45.7 Å². The van der Waals surface area contributed by atoms with E-state index in [4.69, 9.17) is 16.3 Å². The Bertz CT molecular complexity index is 1600. The topological polar surface area (TPSA) is 104 Å². The van der Waals surface area contributed by atoms with Crippen molar-refractivity contribution in [1.29, 1.82) is 5.26 Å². The lowest BCUT2D eigenvalue weighted by atomic mass is 9.98. The maximum atomic E-state index is 9.88. The largest absolute Gasteiger partial charge is 0.380 e. The van der Waals surface area contributed by atoms with Gasteiger partial charge < -0.3 is 15.4 Å². The van der Waals surface area contributed by atoms with Gasteiger partial charge in [-0.15, -0.1) is 5.10 Å². The molecule has 5 rings (SSSR count). The number of benzene rings is 2. The average molecular weight is 601 g/mol. The smallest absolute Gasteiger partial charge is 0.109 e. The molecule has 9 nitrogen and oxygen atoms in total. The highest BCUT2D eigenvalue weighted by molar-refractivity contribution is 6.35. The molecule has 2 N–H and O–H groups in total. The van der Waals surface area contributed by atoms with E-state index in [0.717, 1.165) is 48.3 Å². The number of likely N-dealkylation sites (tertiary alicyclic amines) is 1. The normalized spacial score (nSPS) is 15.8. The minimum atomic E-state index is -0.435. The Labute approximate surface area is 259 Å². The summed E-state index contributed by atoms with van der Waals surface area (Å²) in [6.45, 7) is 13.4. The Morgan fingerprint density at radius 2 is 1.84 bits per heavy atom. The molecular formula is C33H41ClN8O. The van der Waals surface area contributed by atoms with E-state index in [1.807, 2.05) is 48.9 Å². The van der Waals surface area contributed by atoms with Crippen LogP contribution in [0.25, 0.3) is 10.9 Å². The number of fused-ring (bicyclic) bond motifs is 1. The van der Waals surface area contributed by atoms with Gasteiger partial charge in [-0.25, -0.2) is 4.68 Å². The maximum absolute atomic E-state index is 9.88. The van der Waals surface area contributed by atoms with E-state index in [2.05, 4.69) is 76.0 Å². The molecule has 4 aromatic rings. The molecule has 2 aromatic heterocycles. The number of hydrogen-bond acceptors (Lipinski definition) is 8. The van der Waals surface area contributed by atoms with Gasteiger partial charge in [0, 0.05) is 49.6 Å². The van der Waals surface area contributed by atoms with Crippen LogP contribution in [0.4, 0.5) is 11.4 Å². The van der Waals surface area contributed by atoms with E-state index in [9.17, 15) is 5.26 Å². The number of halogens is 1. The Hall–Kier alpha value is -3.71. The number of methoxy groups -OCH3 is 1. The summed E-state index contributed by atoms with van der Waals surface area (Å²) >= 11 is 6.80. The lowest BCUT2D eigenvalue weighted by Crippen LogP contribution is -2.46. The molecule has 226 valence electrons. The number of rotatable bonds is 9. The Kier molecular flexibility index (Phi) is 8.93. The SMILES string of the molecule is COC(C)(C)CNc1c(C#N)cnc2c(Cl)cc(N[C@@H](c3ccccc3)c3cn(C4CCN(C(C)(C)C)CC4)nn3)cc12. The summed E-state index contributed by atoms with van der Waals surface area (Å²) in [6, 6.07) is 16.4. The Morgan fingerprint density at radius 1 is 1.12 bits per heavy atom. The lowest BCUT2D eigenvalue weighted by Gasteiger charge is -2.40. The van der Waals surface area contributed by atoms with Crippen molar-refractivity contribution < 1.29 is 4.74 Å². The zero-order valence-corrected chi connectivity index (χ0v) is 26.6. The zero-order valence-electron chi connectivity index (χ0n) is 25.9. The van der Waals surface area contributed by atoms with Crippen molar-refractivity contribution in [2.45, 2.75) is 70.7 Å². The van der Waals surface area contributed by atoms with E-state index >= 15 is 0 Å². The summed E-state index contributed by atoms with van der Waals surface area (Å²) in [5, 5.41) is 27.4. The van der Waals surface area contributed by atoms with Crippen molar-refractivity contribution in [2.24, 2.45) is 0 Å². The predicted octanol–water partition coefficient (Wildman–Crippen LogP) is 6.83. The van der Waals surface area contributed by atoms with E-state index in [0.29, 0.717) is 34.4 Å². The number of ether oxygens (including phenoxy) is 1. The zero-order chi connectivity index (χ0) is 30.8. The molecule has 0 unspecified atom stereocenters. The molecule has 1 aliphatic rings. The Morgan fingerprint density at radius 3 is 2.49 bits per heavy atom. The van der Waals surface area contributed by atoms with Gasteiger partial charge in [-0.05, 0) is 65.2 Å². The molecule has 0 bridgehead atoms. The lowest BCUT2D eigenvalue weighted by molar-refractivity contribution is 0.0344. The van der Waals surface area contributed by atoms with Gasteiger partial charge in [-0.1, -0.05) is 47.1 Å². The van der Waals surface area contributed by atoms with Crippen molar-refractivity contribution in [1.82, 2.24) is 24.9 Å². The molecule has 3 heterocycles. The summed E-state index contributed by atoms with van der Waals surface area (Å²) in [4.78, 5) is 7.04. The van der Waals surface area contributed by atoms with Crippen molar-refractivity contribution in [2.75, 3.05) is 37.4 Å². The molecule has 0 saturated carbocycles. The van der Waals surface area contributed by atoms with Crippen LogP contribution in [-0.2, 0) is 4.74 Å². The van der Waals surface area contributed by atoms with Crippen LogP contribution in [0.5, 0.6) is 0 Å². The van der Waals surface area contributed by atoms with Gasteiger partial charge in [0.2, 0.25) is 0 Å². The van der Waals surface area contributed by atoms with Gasteiger partial charge in [0.25, 0.3) is 0 Å². The Balaban J connectivity index is 1.48. The van der Waals surface area contributed by atoms with E-state index in [1.54, 1.807) is 13.3 Å². The molecule has 10 heteroatoms.